The highest BCUT2D eigenvalue weighted by atomic mass is 16.6. The number of rotatable bonds is 2. The first-order chi connectivity index (χ1) is 11.3. The summed E-state index contributed by atoms with van der Waals surface area (Å²) in [5.74, 6) is 2.12. The molecule has 0 unspecified atom stereocenters. The van der Waals surface area contributed by atoms with Crippen molar-refractivity contribution in [3.8, 4) is 11.5 Å². The summed E-state index contributed by atoms with van der Waals surface area (Å²) in [7, 11) is 0. The predicted molar refractivity (Wildman–Crippen MR) is 87.6 cm³/mol. The van der Waals surface area contributed by atoms with Gasteiger partial charge in [0.05, 0.1) is 6.04 Å². The van der Waals surface area contributed by atoms with Gasteiger partial charge in [0.15, 0.2) is 11.5 Å². The molecule has 0 aromatic heterocycles. The van der Waals surface area contributed by atoms with Crippen LogP contribution in [-0.4, -0.2) is 30.6 Å². The van der Waals surface area contributed by atoms with Crippen LogP contribution >= 0.6 is 0 Å². The molecule has 0 spiro atoms. The third kappa shape index (κ3) is 2.82. The Labute approximate surface area is 137 Å². The lowest BCUT2D eigenvalue weighted by Gasteiger charge is -2.30. The van der Waals surface area contributed by atoms with Crippen molar-refractivity contribution in [1.29, 1.82) is 0 Å². The minimum atomic E-state index is 0.165. The molecule has 3 aliphatic rings. The molecular weight excluding hydrogens is 290 g/mol. The lowest BCUT2D eigenvalue weighted by molar-refractivity contribution is -0.136. The molecule has 23 heavy (non-hydrogen) atoms. The van der Waals surface area contributed by atoms with E-state index in [1.54, 1.807) is 0 Å². The molecule has 0 radical (unpaired) electrons. The lowest BCUT2D eigenvalue weighted by atomic mass is 9.92. The Morgan fingerprint density at radius 1 is 1.09 bits per heavy atom. The lowest BCUT2D eigenvalue weighted by Crippen LogP contribution is -2.36. The van der Waals surface area contributed by atoms with Gasteiger partial charge in [-0.15, -0.1) is 0 Å². The maximum absolute atomic E-state index is 12.9. The van der Waals surface area contributed by atoms with Gasteiger partial charge in [0.1, 0.15) is 13.2 Å². The Morgan fingerprint density at radius 2 is 1.96 bits per heavy atom. The van der Waals surface area contributed by atoms with Crippen molar-refractivity contribution in [2.45, 2.75) is 38.1 Å². The van der Waals surface area contributed by atoms with Crippen LogP contribution in [0, 0.1) is 5.92 Å². The highest BCUT2D eigenvalue weighted by molar-refractivity contribution is 5.80. The number of carbonyl (C=O) groups excluding carboxylic acids is 1. The number of nitrogens with zero attached hydrogens (tertiary/aromatic N) is 1. The molecule has 1 aromatic carbocycles. The zero-order valence-electron chi connectivity index (χ0n) is 13.4. The molecule has 4 heteroatoms. The average Bonchev–Trinajstić information content (AvgIpc) is 3.11. The van der Waals surface area contributed by atoms with Crippen molar-refractivity contribution in [2.75, 3.05) is 19.8 Å². The van der Waals surface area contributed by atoms with E-state index in [-0.39, 0.29) is 12.0 Å². The first-order valence-corrected chi connectivity index (χ1v) is 8.68. The molecule has 1 fully saturated rings. The minimum absolute atomic E-state index is 0.165. The Morgan fingerprint density at radius 3 is 2.78 bits per heavy atom. The number of allylic oxidation sites excluding steroid dienone is 2. The van der Waals surface area contributed by atoms with Crippen molar-refractivity contribution >= 4 is 5.91 Å². The minimum Gasteiger partial charge on any atom is -0.486 e. The van der Waals surface area contributed by atoms with Crippen molar-refractivity contribution in [3.63, 3.8) is 0 Å². The second-order valence-corrected chi connectivity index (χ2v) is 6.57. The molecule has 1 aromatic rings. The molecule has 4 nitrogen and oxygen atoms in total. The largest absolute Gasteiger partial charge is 0.486 e. The van der Waals surface area contributed by atoms with Gasteiger partial charge in [-0.25, -0.2) is 0 Å². The maximum atomic E-state index is 12.9. The van der Waals surface area contributed by atoms with Gasteiger partial charge in [-0.3, -0.25) is 4.79 Å². The summed E-state index contributed by atoms with van der Waals surface area (Å²) in [6.45, 7) is 2.08. The van der Waals surface area contributed by atoms with E-state index in [4.69, 9.17) is 9.47 Å². The van der Waals surface area contributed by atoms with Gasteiger partial charge in [0.25, 0.3) is 0 Å². The molecule has 0 bridgehead atoms. The Kier molecular flexibility index (Phi) is 3.98. The molecule has 1 amide bonds. The Bertz CT molecular complexity index is 625. The molecule has 2 aliphatic heterocycles. The van der Waals surface area contributed by atoms with E-state index < -0.39 is 0 Å². The summed E-state index contributed by atoms with van der Waals surface area (Å²) in [4.78, 5) is 15.0. The topological polar surface area (TPSA) is 38.8 Å². The zero-order valence-corrected chi connectivity index (χ0v) is 13.4. The SMILES string of the molecule is O=C([C@H]1CC=CCC1)N1CCC[C@@H]1c1ccc2c(c1)OCCO2. The molecule has 1 saturated heterocycles. The van der Waals surface area contributed by atoms with E-state index in [1.165, 1.54) is 5.56 Å². The molecule has 1 aliphatic carbocycles. The number of benzene rings is 1. The molecule has 0 N–H and O–H groups in total. The normalized spacial score (nSPS) is 26.3. The van der Waals surface area contributed by atoms with Crippen molar-refractivity contribution in [1.82, 2.24) is 4.90 Å². The van der Waals surface area contributed by atoms with Crippen LogP contribution in [0.25, 0.3) is 0 Å². The monoisotopic (exact) mass is 313 g/mol. The average molecular weight is 313 g/mol. The summed E-state index contributed by atoms with van der Waals surface area (Å²) in [6, 6.07) is 6.31. The predicted octanol–water partition coefficient (Wildman–Crippen LogP) is 3.48. The first-order valence-electron chi connectivity index (χ1n) is 8.68. The molecule has 4 rings (SSSR count). The summed E-state index contributed by atoms with van der Waals surface area (Å²) in [6.07, 6.45) is 9.36. The van der Waals surface area contributed by atoms with E-state index in [0.29, 0.717) is 19.1 Å². The number of hydrogen-bond donors (Lipinski definition) is 0. The summed E-state index contributed by atoms with van der Waals surface area (Å²) >= 11 is 0. The maximum Gasteiger partial charge on any atom is 0.226 e. The number of amides is 1. The number of ether oxygens (including phenoxy) is 2. The number of likely N-dealkylation sites (tertiary alicyclic amines) is 1. The smallest absolute Gasteiger partial charge is 0.226 e. The number of hydrogen-bond acceptors (Lipinski definition) is 3. The summed E-state index contributed by atoms with van der Waals surface area (Å²) in [5.41, 5.74) is 1.17. The standard InChI is InChI=1S/C19H23NO3/c21-19(14-5-2-1-3-6-14)20-10-4-7-16(20)15-8-9-17-18(13-15)23-12-11-22-17/h1-2,8-9,13-14,16H,3-7,10-12H2/t14-,16+/m0/s1. The number of carbonyl (C=O) groups is 1. The van der Waals surface area contributed by atoms with Crippen LogP contribution in [0.2, 0.25) is 0 Å². The highest BCUT2D eigenvalue weighted by Crippen LogP contribution is 2.39. The summed E-state index contributed by atoms with van der Waals surface area (Å²) < 4.78 is 11.3. The molecule has 0 saturated carbocycles. The van der Waals surface area contributed by atoms with E-state index in [9.17, 15) is 4.79 Å². The van der Waals surface area contributed by atoms with E-state index in [0.717, 1.165) is 50.1 Å². The fraction of sp³-hybridized carbons (Fsp3) is 0.526. The highest BCUT2D eigenvalue weighted by Gasteiger charge is 2.34. The third-order valence-corrected chi connectivity index (χ3v) is 5.11. The second kappa shape index (κ2) is 6.26. The second-order valence-electron chi connectivity index (χ2n) is 6.57. The quantitative estimate of drug-likeness (QED) is 0.785. The van der Waals surface area contributed by atoms with Gasteiger partial charge < -0.3 is 14.4 Å². The van der Waals surface area contributed by atoms with Crippen molar-refractivity contribution in [3.05, 3.63) is 35.9 Å². The van der Waals surface area contributed by atoms with E-state index in [1.807, 2.05) is 6.07 Å². The molecule has 122 valence electrons. The third-order valence-electron chi connectivity index (χ3n) is 5.11. The van der Waals surface area contributed by atoms with Gasteiger partial charge in [0.2, 0.25) is 5.91 Å². The Balaban J connectivity index is 1.55. The van der Waals surface area contributed by atoms with Gasteiger partial charge in [-0.1, -0.05) is 18.2 Å². The van der Waals surface area contributed by atoms with Crippen LogP contribution in [0.3, 0.4) is 0 Å². The molecule has 2 heterocycles. The van der Waals surface area contributed by atoms with Crippen LogP contribution in [0.5, 0.6) is 11.5 Å². The van der Waals surface area contributed by atoms with Gasteiger partial charge >= 0.3 is 0 Å². The van der Waals surface area contributed by atoms with Gasteiger partial charge in [-0.05, 0) is 49.8 Å². The first kappa shape index (κ1) is 14.6. The van der Waals surface area contributed by atoms with E-state index >= 15 is 0 Å². The molecule has 2 atom stereocenters. The van der Waals surface area contributed by atoms with Crippen LogP contribution in [-0.2, 0) is 4.79 Å². The van der Waals surface area contributed by atoms with Crippen molar-refractivity contribution in [2.24, 2.45) is 5.92 Å². The fourth-order valence-corrected chi connectivity index (χ4v) is 3.90. The molecular formula is C19H23NO3. The van der Waals surface area contributed by atoms with Crippen LogP contribution < -0.4 is 9.47 Å². The van der Waals surface area contributed by atoms with Crippen LogP contribution in [0.15, 0.2) is 30.4 Å². The number of fused-ring (bicyclic) bond motifs is 1. The van der Waals surface area contributed by atoms with Crippen LogP contribution in [0.1, 0.15) is 43.7 Å². The van der Waals surface area contributed by atoms with Crippen LogP contribution in [0.4, 0.5) is 0 Å². The van der Waals surface area contributed by atoms with Gasteiger partial charge in [0, 0.05) is 12.5 Å². The van der Waals surface area contributed by atoms with Crippen molar-refractivity contribution < 1.29 is 14.3 Å². The van der Waals surface area contributed by atoms with Gasteiger partial charge in [-0.2, -0.15) is 0 Å². The summed E-state index contributed by atoms with van der Waals surface area (Å²) in [5, 5.41) is 0. The van der Waals surface area contributed by atoms with E-state index in [2.05, 4.69) is 29.2 Å². The fourth-order valence-electron chi connectivity index (χ4n) is 3.90. The zero-order chi connectivity index (χ0) is 15.6. The Hall–Kier alpha value is -1.97.